The summed E-state index contributed by atoms with van der Waals surface area (Å²) < 4.78 is 1.73. The van der Waals surface area contributed by atoms with Crippen molar-refractivity contribution < 1.29 is 9.59 Å². The highest BCUT2D eigenvalue weighted by Crippen LogP contribution is 2.41. The van der Waals surface area contributed by atoms with E-state index in [0.29, 0.717) is 22.8 Å². The van der Waals surface area contributed by atoms with Gasteiger partial charge in [0.05, 0.1) is 6.20 Å². The minimum atomic E-state index is -0.392. The van der Waals surface area contributed by atoms with Crippen molar-refractivity contribution >= 4 is 34.8 Å². The molecule has 1 unspecified atom stereocenters. The predicted octanol–water partition coefficient (Wildman–Crippen LogP) is 5.12. The average molecular weight is 433 g/mol. The molecule has 7 heteroatoms. The Hall–Kier alpha value is -3.38. The molecule has 0 saturated carbocycles. The molecule has 1 amide bonds. The number of carbonyl (C=O) groups is 2. The van der Waals surface area contributed by atoms with Crippen LogP contribution in [0.2, 0.25) is 5.02 Å². The highest BCUT2D eigenvalue weighted by atomic mass is 35.5. The first-order chi connectivity index (χ1) is 15.0. The van der Waals surface area contributed by atoms with Gasteiger partial charge in [-0.15, -0.1) is 0 Å². The number of halogens is 1. The van der Waals surface area contributed by atoms with Crippen LogP contribution in [-0.4, -0.2) is 21.5 Å². The van der Waals surface area contributed by atoms with Gasteiger partial charge in [-0.1, -0.05) is 35.9 Å². The van der Waals surface area contributed by atoms with E-state index in [-0.39, 0.29) is 11.7 Å². The predicted molar refractivity (Wildman–Crippen MR) is 120 cm³/mol. The van der Waals surface area contributed by atoms with Gasteiger partial charge in [-0.3, -0.25) is 9.59 Å². The van der Waals surface area contributed by atoms with E-state index in [4.69, 9.17) is 11.6 Å². The van der Waals surface area contributed by atoms with Crippen molar-refractivity contribution in [1.29, 1.82) is 0 Å². The van der Waals surface area contributed by atoms with E-state index in [9.17, 15) is 9.59 Å². The molecule has 1 aliphatic carbocycles. The Labute approximate surface area is 184 Å². The van der Waals surface area contributed by atoms with Crippen LogP contribution in [0.1, 0.15) is 46.8 Å². The number of amides is 1. The molecule has 2 aliphatic rings. The number of aryl methyl sites for hydroxylation is 1. The molecule has 3 aromatic rings. The van der Waals surface area contributed by atoms with Gasteiger partial charge in [-0.05, 0) is 55.2 Å². The molecule has 0 spiro atoms. The van der Waals surface area contributed by atoms with Gasteiger partial charge in [0.25, 0.3) is 5.91 Å². The lowest BCUT2D eigenvalue weighted by molar-refractivity contribution is -0.116. The molecule has 1 aliphatic heterocycles. The number of rotatable bonds is 3. The first-order valence-electron chi connectivity index (χ1n) is 10.3. The van der Waals surface area contributed by atoms with E-state index < -0.39 is 6.04 Å². The number of ketones is 1. The quantitative estimate of drug-likeness (QED) is 0.602. The average Bonchev–Trinajstić information content (AvgIpc) is 3.17. The summed E-state index contributed by atoms with van der Waals surface area (Å²) in [6.45, 7) is 1.98. The molecule has 156 valence electrons. The second-order valence-electron chi connectivity index (χ2n) is 7.92. The second-order valence-corrected chi connectivity index (χ2v) is 8.36. The standard InChI is InChI=1S/C24H21ClN4O2/c1-14-4-2-5-17(12-14)27-24(31)18-13-26-29-22(15-8-10-16(25)11-9-15)21-19(28-23(18)29)6-3-7-20(21)30/h2,4-5,8-13,22,28H,3,6-7H2,1H3,(H,27,31). The molecular formula is C24H21ClN4O2. The number of nitrogens with zero attached hydrogens (tertiary/aromatic N) is 2. The number of carbonyl (C=O) groups excluding carboxylic acids is 2. The summed E-state index contributed by atoms with van der Waals surface area (Å²) in [7, 11) is 0. The summed E-state index contributed by atoms with van der Waals surface area (Å²) in [6.07, 6.45) is 3.62. The molecule has 0 bridgehead atoms. The van der Waals surface area contributed by atoms with Crippen molar-refractivity contribution in [2.45, 2.75) is 32.2 Å². The largest absolute Gasteiger partial charge is 0.343 e. The van der Waals surface area contributed by atoms with Gasteiger partial charge in [-0.25, -0.2) is 4.68 Å². The number of benzene rings is 2. The van der Waals surface area contributed by atoms with Crippen LogP contribution in [0.5, 0.6) is 0 Å². The number of fused-ring (bicyclic) bond motifs is 1. The first-order valence-corrected chi connectivity index (χ1v) is 10.6. The number of Topliss-reactive ketones (excluding diaryl/α,β-unsaturated/α-hetero) is 1. The van der Waals surface area contributed by atoms with Crippen LogP contribution in [0, 0.1) is 6.92 Å². The number of hydrogen-bond donors (Lipinski definition) is 2. The molecule has 1 aromatic heterocycles. The van der Waals surface area contributed by atoms with Crippen molar-refractivity contribution in [3.05, 3.63) is 87.7 Å². The maximum absolute atomic E-state index is 13.1. The zero-order valence-corrected chi connectivity index (χ0v) is 17.7. The van der Waals surface area contributed by atoms with Crippen molar-refractivity contribution in [2.24, 2.45) is 0 Å². The van der Waals surface area contributed by atoms with Crippen molar-refractivity contribution in [1.82, 2.24) is 9.78 Å². The molecule has 31 heavy (non-hydrogen) atoms. The summed E-state index contributed by atoms with van der Waals surface area (Å²) in [5.41, 5.74) is 4.71. The smallest absolute Gasteiger partial charge is 0.261 e. The molecule has 1 atom stereocenters. The number of allylic oxidation sites excluding steroid dienone is 2. The molecule has 2 N–H and O–H groups in total. The highest BCUT2D eigenvalue weighted by Gasteiger charge is 2.37. The lowest BCUT2D eigenvalue weighted by atomic mass is 9.85. The van der Waals surface area contributed by atoms with Crippen LogP contribution in [0.15, 0.2) is 66.0 Å². The van der Waals surface area contributed by atoms with Gasteiger partial charge in [0.2, 0.25) is 0 Å². The molecule has 2 heterocycles. The monoisotopic (exact) mass is 432 g/mol. The van der Waals surface area contributed by atoms with E-state index >= 15 is 0 Å². The van der Waals surface area contributed by atoms with Gasteiger partial charge >= 0.3 is 0 Å². The Kier molecular flexibility index (Phi) is 4.87. The summed E-state index contributed by atoms with van der Waals surface area (Å²) >= 11 is 6.08. The molecule has 5 rings (SSSR count). The molecule has 2 aromatic carbocycles. The minimum absolute atomic E-state index is 0.112. The Balaban J connectivity index is 1.57. The normalized spacial score (nSPS) is 17.6. The van der Waals surface area contributed by atoms with E-state index in [1.54, 1.807) is 23.0 Å². The lowest BCUT2D eigenvalue weighted by Gasteiger charge is -2.33. The van der Waals surface area contributed by atoms with Crippen LogP contribution in [-0.2, 0) is 4.79 Å². The van der Waals surface area contributed by atoms with E-state index in [0.717, 1.165) is 40.9 Å². The maximum atomic E-state index is 13.1. The van der Waals surface area contributed by atoms with Crippen molar-refractivity contribution in [3.8, 4) is 0 Å². The van der Waals surface area contributed by atoms with E-state index in [2.05, 4.69) is 15.7 Å². The number of hydrogen-bond acceptors (Lipinski definition) is 4. The highest BCUT2D eigenvalue weighted by molar-refractivity contribution is 6.30. The Bertz CT molecular complexity index is 1230. The SMILES string of the molecule is Cc1cccc(NC(=O)c2cnn3c2NC2=C(C(=O)CCC2)C3c2ccc(Cl)cc2)c1. The fourth-order valence-electron chi connectivity index (χ4n) is 4.30. The molecular weight excluding hydrogens is 412 g/mol. The van der Waals surface area contributed by atoms with Gasteiger partial charge in [0.15, 0.2) is 5.78 Å². The number of anilines is 2. The second kappa shape index (κ2) is 7.71. The van der Waals surface area contributed by atoms with Crippen LogP contribution in [0.3, 0.4) is 0 Å². The van der Waals surface area contributed by atoms with Gasteiger partial charge in [-0.2, -0.15) is 5.10 Å². The Morgan fingerprint density at radius 1 is 1.19 bits per heavy atom. The fraction of sp³-hybridized carbons (Fsp3) is 0.208. The van der Waals surface area contributed by atoms with Crippen LogP contribution in [0.4, 0.5) is 11.5 Å². The summed E-state index contributed by atoms with van der Waals surface area (Å²) in [6, 6.07) is 14.7. The fourth-order valence-corrected chi connectivity index (χ4v) is 4.42. The zero-order valence-electron chi connectivity index (χ0n) is 17.0. The molecule has 0 saturated heterocycles. The van der Waals surface area contributed by atoms with Gasteiger partial charge in [0.1, 0.15) is 17.4 Å². The third-order valence-corrected chi connectivity index (χ3v) is 6.00. The Morgan fingerprint density at radius 2 is 2.00 bits per heavy atom. The molecule has 0 fully saturated rings. The third-order valence-electron chi connectivity index (χ3n) is 5.75. The van der Waals surface area contributed by atoms with Crippen LogP contribution in [0.25, 0.3) is 0 Å². The van der Waals surface area contributed by atoms with Gasteiger partial charge < -0.3 is 10.6 Å². The van der Waals surface area contributed by atoms with Crippen LogP contribution >= 0.6 is 11.6 Å². The third kappa shape index (κ3) is 3.53. The lowest BCUT2D eigenvalue weighted by Crippen LogP contribution is -2.32. The summed E-state index contributed by atoms with van der Waals surface area (Å²) in [5.74, 6) is 0.458. The van der Waals surface area contributed by atoms with Crippen molar-refractivity contribution in [3.63, 3.8) is 0 Å². The first kappa shape index (κ1) is 19.6. The van der Waals surface area contributed by atoms with E-state index in [1.807, 2.05) is 43.3 Å². The maximum Gasteiger partial charge on any atom is 0.261 e. The number of nitrogens with one attached hydrogen (secondary N) is 2. The molecule has 6 nitrogen and oxygen atoms in total. The topological polar surface area (TPSA) is 76.0 Å². The summed E-state index contributed by atoms with van der Waals surface area (Å²) in [4.78, 5) is 25.9. The van der Waals surface area contributed by atoms with E-state index in [1.165, 1.54) is 0 Å². The minimum Gasteiger partial charge on any atom is -0.343 e. The van der Waals surface area contributed by atoms with Crippen molar-refractivity contribution in [2.75, 3.05) is 10.6 Å². The molecule has 0 radical (unpaired) electrons. The zero-order chi connectivity index (χ0) is 21.5. The van der Waals surface area contributed by atoms with Gasteiger partial charge in [0, 0.05) is 28.4 Å². The Morgan fingerprint density at radius 3 is 2.77 bits per heavy atom. The summed E-state index contributed by atoms with van der Waals surface area (Å²) in [5, 5.41) is 11.4. The van der Waals surface area contributed by atoms with Crippen LogP contribution < -0.4 is 10.6 Å². The number of aromatic nitrogens is 2.